The number of rotatable bonds is 5. The first-order valence-electron chi connectivity index (χ1n) is 5.86. The fraction of sp³-hybridized carbons (Fsp3) is 0.750. The largest absolute Gasteiger partial charge is 0.352 e. The van der Waals surface area contributed by atoms with Crippen molar-refractivity contribution < 1.29 is 13.6 Å². The van der Waals surface area contributed by atoms with Gasteiger partial charge in [-0.3, -0.25) is 9.69 Å². The molecule has 1 amide bonds. The van der Waals surface area contributed by atoms with Gasteiger partial charge in [0.15, 0.2) is 0 Å². The van der Waals surface area contributed by atoms with Crippen molar-refractivity contribution in [2.75, 3.05) is 26.2 Å². The van der Waals surface area contributed by atoms with Gasteiger partial charge in [-0.1, -0.05) is 20.4 Å². The maximum Gasteiger partial charge on any atom is 0.261 e. The molecular weight excluding hydrogens is 226 g/mol. The average Bonchev–Trinajstić information content (AvgIpc) is 2.54. The molecule has 1 fully saturated rings. The lowest BCUT2D eigenvalue weighted by molar-refractivity contribution is -0.117. The summed E-state index contributed by atoms with van der Waals surface area (Å²) in [6, 6.07) is 0. The van der Waals surface area contributed by atoms with Crippen LogP contribution in [-0.4, -0.2) is 42.9 Å². The van der Waals surface area contributed by atoms with E-state index < -0.39 is 5.92 Å². The van der Waals surface area contributed by atoms with Crippen LogP contribution in [0.4, 0.5) is 8.78 Å². The van der Waals surface area contributed by atoms with Gasteiger partial charge in [-0.2, -0.15) is 0 Å². The molecule has 0 atom stereocenters. The van der Waals surface area contributed by atoms with Crippen molar-refractivity contribution in [2.24, 2.45) is 5.92 Å². The lowest BCUT2D eigenvalue weighted by Gasteiger charge is -2.17. The van der Waals surface area contributed by atoms with Crippen molar-refractivity contribution in [3.63, 3.8) is 0 Å². The monoisotopic (exact) mass is 246 g/mol. The van der Waals surface area contributed by atoms with Crippen LogP contribution in [0.15, 0.2) is 12.2 Å². The molecular formula is C12H20F2N2O. The maximum absolute atomic E-state index is 12.9. The SMILES string of the molecule is C=C(CN1CCC(F)(F)C1)C(=O)NCC(C)C. The summed E-state index contributed by atoms with van der Waals surface area (Å²) < 4.78 is 25.9. The number of nitrogens with one attached hydrogen (secondary N) is 1. The minimum absolute atomic E-state index is 0.131. The fourth-order valence-electron chi connectivity index (χ4n) is 1.71. The van der Waals surface area contributed by atoms with Gasteiger partial charge in [0.2, 0.25) is 5.91 Å². The van der Waals surface area contributed by atoms with Crippen LogP contribution in [0.25, 0.3) is 0 Å². The number of carbonyl (C=O) groups excluding carboxylic acids is 1. The van der Waals surface area contributed by atoms with Gasteiger partial charge in [0.05, 0.1) is 6.54 Å². The van der Waals surface area contributed by atoms with E-state index in [-0.39, 0.29) is 25.4 Å². The molecule has 0 unspecified atom stereocenters. The molecule has 0 aromatic carbocycles. The zero-order valence-electron chi connectivity index (χ0n) is 10.4. The molecule has 0 bridgehead atoms. The van der Waals surface area contributed by atoms with Crippen molar-refractivity contribution in [1.29, 1.82) is 0 Å². The number of halogens is 2. The van der Waals surface area contributed by atoms with Crippen LogP contribution in [-0.2, 0) is 4.79 Å². The predicted octanol–water partition coefficient (Wildman–Crippen LogP) is 1.66. The van der Waals surface area contributed by atoms with Gasteiger partial charge < -0.3 is 5.32 Å². The van der Waals surface area contributed by atoms with Crippen molar-refractivity contribution in [3.05, 3.63) is 12.2 Å². The molecule has 0 aromatic heterocycles. The predicted molar refractivity (Wildman–Crippen MR) is 63.0 cm³/mol. The Morgan fingerprint density at radius 1 is 1.53 bits per heavy atom. The molecule has 1 aliphatic heterocycles. The molecule has 0 aromatic rings. The number of carbonyl (C=O) groups is 1. The topological polar surface area (TPSA) is 32.3 Å². The van der Waals surface area contributed by atoms with Crippen LogP contribution in [0, 0.1) is 5.92 Å². The molecule has 0 aliphatic carbocycles. The van der Waals surface area contributed by atoms with Crippen molar-refractivity contribution >= 4 is 5.91 Å². The van der Waals surface area contributed by atoms with E-state index >= 15 is 0 Å². The summed E-state index contributed by atoms with van der Waals surface area (Å²) in [6.45, 7) is 8.47. The van der Waals surface area contributed by atoms with E-state index in [4.69, 9.17) is 0 Å². The third-order valence-corrected chi connectivity index (χ3v) is 2.66. The molecule has 1 aliphatic rings. The van der Waals surface area contributed by atoms with E-state index in [0.29, 0.717) is 24.6 Å². The summed E-state index contributed by atoms with van der Waals surface area (Å²) in [5.41, 5.74) is 0.350. The van der Waals surface area contributed by atoms with Gasteiger partial charge in [-0.25, -0.2) is 8.78 Å². The number of amides is 1. The number of nitrogens with zero attached hydrogens (tertiary/aromatic N) is 1. The minimum atomic E-state index is -2.62. The van der Waals surface area contributed by atoms with Crippen LogP contribution >= 0.6 is 0 Å². The van der Waals surface area contributed by atoms with Gasteiger partial charge in [0.1, 0.15) is 0 Å². The summed E-state index contributed by atoms with van der Waals surface area (Å²) >= 11 is 0. The average molecular weight is 246 g/mol. The standard InChI is InChI=1S/C12H20F2N2O/c1-9(2)6-15-11(17)10(3)7-16-5-4-12(13,14)8-16/h9H,3-8H2,1-2H3,(H,15,17). The highest BCUT2D eigenvalue weighted by Crippen LogP contribution is 2.26. The van der Waals surface area contributed by atoms with Gasteiger partial charge in [-0.05, 0) is 5.92 Å². The molecule has 0 saturated carbocycles. The number of hydrogen-bond acceptors (Lipinski definition) is 2. The Morgan fingerprint density at radius 2 is 2.18 bits per heavy atom. The van der Waals surface area contributed by atoms with Crippen LogP contribution in [0.3, 0.4) is 0 Å². The lowest BCUT2D eigenvalue weighted by Crippen LogP contribution is -2.34. The molecule has 98 valence electrons. The first kappa shape index (κ1) is 14.1. The molecule has 0 radical (unpaired) electrons. The molecule has 1 rings (SSSR count). The van der Waals surface area contributed by atoms with Gasteiger partial charge >= 0.3 is 0 Å². The normalized spacial score (nSPS) is 19.6. The van der Waals surface area contributed by atoms with Crippen molar-refractivity contribution in [3.8, 4) is 0 Å². The number of likely N-dealkylation sites (tertiary alicyclic amines) is 1. The number of hydrogen-bond donors (Lipinski definition) is 1. The summed E-state index contributed by atoms with van der Waals surface area (Å²) in [6.07, 6.45) is -0.131. The van der Waals surface area contributed by atoms with Gasteiger partial charge in [0.25, 0.3) is 5.92 Å². The van der Waals surface area contributed by atoms with Crippen LogP contribution in [0.2, 0.25) is 0 Å². The smallest absolute Gasteiger partial charge is 0.261 e. The Balaban J connectivity index is 2.32. The van der Waals surface area contributed by atoms with Gasteiger partial charge in [0, 0.05) is 31.6 Å². The summed E-state index contributed by atoms with van der Waals surface area (Å²) in [7, 11) is 0. The summed E-state index contributed by atoms with van der Waals surface area (Å²) in [5, 5.41) is 2.72. The van der Waals surface area contributed by atoms with Crippen LogP contribution in [0.5, 0.6) is 0 Å². The molecule has 1 N–H and O–H groups in total. The molecule has 1 heterocycles. The third-order valence-electron chi connectivity index (χ3n) is 2.66. The first-order chi connectivity index (χ1) is 7.80. The van der Waals surface area contributed by atoms with Crippen molar-refractivity contribution in [1.82, 2.24) is 10.2 Å². The molecule has 17 heavy (non-hydrogen) atoms. The summed E-state index contributed by atoms with van der Waals surface area (Å²) in [4.78, 5) is 13.1. The summed E-state index contributed by atoms with van der Waals surface area (Å²) in [5.74, 6) is -2.49. The lowest BCUT2D eigenvalue weighted by atomic mass is 10.2. The Bertz CT molecular complexity index is 303. The Kier molecular flexibility index (Phi) is 4.62. The minimum Gasteiger partial charge on any atom is -0.352 e. The maximum atomic E-state index is 12.9. The number of alkyl halides is 2. The third kappa shape index (κ3) is 4.81. The first-order valence-corrected chi connectivity index (χ1v) is 5.86. The van der Waals surface area contributed by atoms with E-state index in [2.05, 4.69) is 11.9 Å². The van der Waals surface area contributed by atoms with E-state index in [1.807, 2.05) is 13.8 Å². The van der Waals surface area contributed by atoms with Crippen LogP contribution in [0.1, 0.15) is 20.3 Å². The Hall–Kier alpha value is -0.970. The van der Waals surface area contributed by atoms with Crippen LogP contribution < -0.4 is 5.32 Å². The molecule has 0 spiro atoms. The molecule has 1 saturated heterocycles. The Labute approximate surface area is 101 Å². The van der Waals surface area contributed by atoms with Gasteiger partial charge in [-0.15, -0.1) is 0 Å². The molecule has 5 heteroatoms. The second kappa shape index (κ2) is 5.58. The second-order valence-corrected chi connectivity index (χ2v) is 5.02. The van der Waals surface area contributed by atoms with E-state index in [1.54, 1.807) is 4.90 Å². The van der Waals surface area contributed by atoms with E-state index in [1.165, 1.54) is 0 Å². The van der Waals surface area contributed by atoms with Crippen molar-refractivity contribution in [2.45, 2.75) is 26.2 Å². The highest BCUT2D eigenvalue weighted by molar-refractivity contribution is 5.93. The highest BCUT2D eigenvalue weighted by Gasteiger charge is 2.38. The highest BCUT2D eigenvalue weighted by atomic mass is 19.3. The van der Waals surface area contributed by atoms with E-state index in [0.717, 1.165) is 0 Å². The zero-order valence-corrected chi connectivity index (χ0v) is 10.4. The van der Waals surface area contributed by atoms with E-state index in [9.17, 15) is 13.6 Å². The second-order valence-electron chi connectivity index (χ2n) is 5.02. The quantitative estimate of drug-likeness (QED) is 0.748. The fourth-order valence-corrected chi connectivity index (χ4v) is 1.71. The Morgan fingerprint density at radius 3 is 2.65 bits per heavy atom. The zero-order chi connectivity index (χ0) is 13.1. The molecule has 3 nitrogen and oxygen atoms in total.